The Morgan fingerprint density at radius 1 is 0.500 bits per heavy atom. The topological polar surface area (TPSA) is 0 Å². The van der Waals surface area contributed by atoms with E-state index in [1.807, 2.05) is 6.64 Å². The Bertz CT molecular complexity index is 1570. The Labute approximate surface area is 285 Å². The van der Waals surface area contributed by atoms with Gasteiger partial charge in [-0.15, -0.1) is 0 Å². The van der Waals surface area contributed by atoms with E-state index in [1.54, 1.807) is 61.7 Å². The van der Waals surface area contributed by atoms with Crippen LogP contribution in [-0.4, -0.2) is 15.3 Å². The van der Waals surface area contributed by atoms with E-state index in [0.29, 0.717) is 0 Å². The van der Waals surface area contributed by atoms with Crippen molar-refractivity contribution in [1.29, 1.82) is 0 Å². The second-order valence-corrected chi connectivity index (χ2v) is 94.7. The first-order chi connectivity index (χ1) is 22.4. The van der Waals surface area contributed by atoms with Crippen LogP contribution in [0.1, 0.15) is 112 Å². The molecule has 243 valence electrons. The van der Waals surface area contributed by atoms with Gasteiger partial charge in [0.25, 0.3) is 0 Å². The molecule has 0 aliphatic heterocycles. The number of aryl methyl sites for hydroxylation is 2. The van der Waals surface area contributed by atoms with Crippen LogP contribution in [0.3, 0.4) is 0 Å². The number of unbranched alkanes of at least 4 members (excludes halogenated alkanes) is 4. The Morgan fingerprint density at radius 3 is 1.33 bits per heavy atom. The summed E-state index contributed by atoms with van der Waals surface area (Å²) in [5, 5.41) is 0. The molecule has 0 spiro atoms. The van der Waals surface area contributed by atoms with Crippen molar-refractivity contribution in [3.05, 3.63) is 106 Å². The molecule has 2 aliphatic rings. The van der Waals surface area contributed by atoms with Gasteiger partial charge < -0.3 is 0 Å². The van der Waals surface area contributed by atoms with Gasteiger partial charge in [0.05, 0.1) is 0 Å². The Kier molecular flexibility index (Phi) is 10.9. The predicted molar refractivity (Wildman–Crippen MR) is 204 cm³/mol. The molecule has 46 heavy (non-hydrogen) atoms. The number of rotatable bonds is 15. The predicted octanol–water partition coefficient (Wildman–Crippen LogP) is 11.8. The monoisotopic (exact) mass is 887 g/mol. The van der Waals surface area contributed by atoms with Crippen LogP contribution in [0.2, 0.25) is 17.2 Å². The van der Waals surface area contributed by atoms with Crippen molar-refractivity contribution in [3.8, 4) is 22.3 Å². The molecule has 4 aromatic rings. The minimum absolute atomic E-state index is 1.15. The van der Waals surface area contributed by atoms with Gasteiger partial charge in [0.2, 0.25) is 0 Å². The molecule has 0 N–H and O–H groups in total. The Morgan fingerprint density at radius 2 is 0.913 bits per heavy atom. The van der Waals surface area contributed by atoms with E-state index in [2.05, 4.69) is 114 Å². The molecule has 2 heteroatoms. The molecule has 0 saturated heterocycles. The van der Waals surface area contributed by atoms with Gasteiger partial charge in [0.1, 0.15) is 0 Å². The molecular weight excluding hydrogens is 826 g/mol. The van der Waals surface area contributed by atoms with E-state index in [4.69, 9.17) is 0 Å². The van der Waals surface area contributed by atoms with E-state index in [-0.39, 0.29) is 0 Å². The third-order valence-electron chi connectivity index (χ3n) is 12.6. The number of benzene rings is 4. The van der Waals surface area contributed by atoms with Crippen LogP contribution in [-0.2, 0) is 27.2 Å². The van der Waals surface area contributed by atoms with Crippen LogP contribution in [0.4, 0.5) is 0 Å². The van der Waals surface area contributed by atoms with Crippen molar-refractivity contribution in [3.63, 3.8) is 0 Å². The molecule has 4 aromatic carbocycles. The van der Waals surface area contributed by atoms with Gasteiger partial charge in [-0.3, -0.25) is 0 Å². The molecule has 0 amide bonds. The quantitative estimate of drug-likeness (QED) is 0.0902. The van der Waals surface area contributed by atoms with Crippen molar-refractivity contribution in [1.82, 2.24) is 0 Å². The van der Waals surface area contributed by atoms with Crippen LogP contribution in [0.15, 0.2) is 72.8 Å². The van der Waals surface area contributed by atoms with E-state index >= 15 is 0 Å². The summed E-state index contributed by atoms with van der Waals surface area (Å²) in [6, 6.07) is 29.2. The van der Waals surface area contributed by atoms with E-state index in [1.165, 1.54) is 62.5 Å². The SMILES string of the molecule is CCC[CH2][SnH]([CH2]CCC)[Hf]([CH2]CCC)([CH2]CCC)([c]1c(C)ccc2c1Cc1ccccc1-2)[c]1c(C)ccc2c1Cc1ccccc1-2. The maximum absolute atomic E-state index is 4.28. The first-order valence-electron chi connectivity index (χ1n) is 19.0. The maximum atomic E-state index is 2.61. The average molecular weight is 885 g/mol. The number of hydrogen-bond acceptors (Lipinski definition) is 0. The summed E-state index contributed by atoms with van der Waals surface area (Å²) in [6.45, 7) is 15.1. The molecule has 0 nitrogen and oxygen atoms in total. The fourth-order valence-corrected chi connectivity index (χ4v) is 165. The third-order valence-corrected chi connectivity index (χ3v) is 138. The van der Waals surface area contributed by atoms with Crippen LogP contribution >= 0.6 is 0 Å². The van der Waals surface area contributed by atoms with E-state index in [9.17, 15) is 0 Å². The van der Waals surface area contributed by atoms with Crippen LogP contribution in [0, 0.1) is 13.8 Å². The fraction of sp³-hybridized carbons (Fsp3) is 0.455. The zero-order valence-electron chi connectivity index (χ0n) is 29.9. The van der Waals surface area contributed by atoms with E-state index in [0.717, 1.165) is 12.8 Å². The summed E-state index contributed by atoms with van der Waals surface area (Å²) in [4.78, 5) is 0. The molecule has 0 unspecified atom stereocenters. The average Bonchev–Trinajstić information content (AvgIpc) is 3.64. The molecule has 0 aromatic heterocycles. The zero-order chi connectivity index (χ0) is 32.3. The van der Waals surface area contributed by atoms with Crippen LogP contribution in [0.25, 0.3) is 22.3 Å². The van der Waals surface area contributed by atoms with Gasteiger partial charge in [-0.2, -0.15) is 0 Å². The molecule has 2 aliphatic carbocycles. The van der Waals surface area contributed by atoms with Crippen molar-refractivity contribution in [2.75, 3.05) is 0 Å². The molecule has 0 heterocycles. The molecule has 0 atom stereocenters. The van der Waals surface area contributed by atoms with Crippen molar-refractivity contribution < 1.29 is 14.4 Å². The Balaban J connectivity index is 1.81. The minimum atomic E-state index is -4.28. The third kappa shape index (κ3) is 5.60. The van der Waals surface area contributed by atoms with Gasteiger partial charge in [-0.1, -0.05) is 0 Å². The Hall–Kier alpha value is -1.45. The number of fused-ring (bicyclic) bond motifs is 6. The molecule has 6 rings (SSSR count). The van der Waals surface area contributed by atoms with Crippen molar-refractivity contribution in [2.45, 2.75) is 123 Å². The first-order valence-corrected chi connectivity index (χ1v) is 47.9. The fourth-order valence-electron chi connectivity index (χ4n) is 10.9. The second-order valence-electron chi connectivity index (χ2n) is 15.2. The molecule has 0 radical (unpaired) electrons. The molecular formula is C44H59HfSn. The zero-order valence-corrected chi connectivity index (χ0v) is 36.8. The summed E-state index contributed by atoms with van der Waals surface area (Å²) in [5.41, 5.74) is 16.3. The summed E-state index contributed by atoms with van der Waals surface area (Å²) in [5.74, 6) is 0. The van der Waals surface area contributed by atoms with Crippen LogP contribution < -0.4 is 6.64 Å². The summed E-state index contributed by atoms with van der Waals surface area (Å²) >= 11 is -6.62. The summed E-state index contributed by atoms with van der Waals surface area (Å²) in [6.07, 6.45) is 13.4. The summed E-state index contributed by atoms with van der Waals surface area (Å²) < 4.78 is 10.5. The normalized spacial score (nSPS) is 14.1. The molecule has 0 bridgehead atoms. The number of hydrogen-bond donors (Lipinski definition) is 0. The first kappa shape index (κ1) is 34.4. The van der Waals surface area contributed by atoms with Gasteiger partial charge in [0.15, 0.2) is 0 Å². The van der Waals surface area contributed by atoms with Crippen LogP contribution in [0.5, 0.6) is 0 Å². The van der Waals surface area contributed by atoms with Gasteiger partial charge in [-0.05, 0) is 0 Å². The summed E-state index contributed by atoms with van der Waals surface area (Å²) in [7, 11) is 0. The van der Waals surface area contributed by atoms with Gasteiger partial charge >= 0.3 is 288 Å². The van der Waals surface area contributed by atoms with Crippen molar-refractivity contribution in [2.24, 2.45) is 0 Å². The second kappa shape index (κ2) is 14.6. The van der Waals surface area contributed by atoms with Crippen molar-refractivity contribution >= 4 is 22.0 Å². The standard InChI is InChI=1S/2C14H11.4C4H9.Hf.Sn.H/c2*1-10-6-7-14-12(8-10)9-11-4-2-3-5-13(11)14;4*1-3-4-2;;;/h2*2-7H,9H2,1H3;4*1,3-4H2,2H3;;;. The molecule has 0 fully saturated rings. The molecule has 0 saturated carbocycles. The van der Waals surface area contributed by atoms with Gasteiger partial charge in [0, 0.05) is 0 Å². The van der Waals surface area contributed by atoms with Gasteiger partial charge in [-0.25, -0.2) is 0 Å². The van der Waals surface area contributed by atoms with E-state index < -0.39 is 29.7 Å².